The molecule has 7 rings (SSSR count). The van der Waals surface area contributed by atoms with Crippen molar-refractivity contribution in [3.05, 3.63) is 97.1 Å². The smallest absolute Gasteiger partial charge is 0.423 e. The van der Waals surface area contributed by atoms with Crippen LogP contribution in [0.1, 0.15) is 0 Å². The molecule has 2 N–H and O–H groups in total. The molecule has 5 aromatic carbocycles. The first-order chi connectivity index (χ1) is 16.2. The zero-order valence-electron chi connectivity index (χ0n) is 17.6. The van der Waals surface area contributed by atoms with Crippen molar-refractivity contribution < 1.29 is 10.0 Å². The van der Waals surface area contributed by atoms with E-state index in [-0.39, 0.29) is 0 Å². The van der Waals surface area contributed by atoms with E-state index in [4.69, 9.17) is 0 Å². The predicted octanol–water partition coefficient (Wildman–Crippen LogP) is 5.98. The van der Waals surface area contributed by atoms with Gasteiger partial charge >= 0.3 is 7.12 Å². The molecule has 2 aromatic heterocycles. The van der Waals surface area contributed by atoms with E-state index < -0.39 is 7.12 Å². The molecule has 0 bridgehead atoms. The minimum absolute atomic E-state index is 0.554. The molecule has 0 aliphatic heterocycles. The SMILES string of the molecule is OB(O)c1cc2ccccc2c2c1sc1c(-n3c4ccccc4c4ccccc43)cccc12. The fourth-order valence-corrected chi connectivity index (χ4v) is 6.56. The molecule has 156 valence electrons. The van der Waals surface area contributed by atoms with Gasteiger partial charge in [0.05, 0.1) is 21.4 Å². The van der Waals surface area contributed by atoms with E-state index in [1.165, 1.54) is 10.8 Å². The first-order valence-electron chi connectivity index (χ1n) is 10.9. The Morgan fingerprint density at radius 2 is 1.21 bits per heavy atom. The third-order valence-electron chi connectivity index (χ3n) is 6.60. The van der Waals surface area contributed by atoms with Crippen LogP contribution in [0.2, 0.25) is 0 Å². The summed E-state index contributed by atoms with van der Waals surface area (Å²) in [5.74, 6) is 0. The first-order valence-corrected chi connectivity index (χ1v) is 11.8. The first kappa shape index (κ1) is 18.9. The molecular weight excluding hydrogens is 425 g/mol. The summed E-state index contributed by atoms with van der Waals surface area (Å²) in [6.45, 7) is 0. The van der Waals surface area contributed by atoms with Crippen LogP contribution >= 0.6 is 11.3 Å². The lowest BCUT2D eigenvalue weighted by Crippen LogP contribution is -2.29. The van der Waals surface area contributed by atoms with E-state index in [1.54, 1.807) is 11.3 Å². The lowest BCUT2D eigenvalue weighted by Gasteiger charge is -2.09. The summed E-state index contributed by atoms with van der Waals surface area (Å²) < 4.78 is 4.39. The van der Waals surface area contributed by atoms with E-state index in [2.05, 4.69) is 77.4 Å². The van der Waals surface area contributed by atoms with E-state index in [9.17, 15) is 10.0 Å². The maximum Gasteiger partial charge on any atom is 0.489 e. The largest absolute Gasteiger partial charge is 0.489 e. The quantitative estimate of drug-likeness (QED) is 0.323. The summed E-state index contributed by atoms with van der Waals surface area (Å²) in [6.07, 6.45) is 0. The van der Waals surface area contributed by atoms with Gasteiger partial charge in [-0.2, -0.15) is 0 Å². The fourth-order valence-electron chi connectivity index (χ4n) is 5.21. The average molecular weight is 443 g/mol. The second-order valence-electron chi connectivity index (χ2n) is 8.39. The number of benzene rings is 5. The number of para-hydroxylation sites is 2. The van der Waals surface area contributed by atoms with Crippen LogP contribution in [0.5, 0.6) is 0 Å². The van der Waals surface area contributed by atoms with Crippen LogP contribution < -0.4 is 5.46 Å². The van der Waals surface area contributed by atoms with Gasteiger partial charge in [-0.25, -0.2) is 0 Å². The Labute approximate surface area is 193 Å². The summed E-state index contributed by atoms with van der Waals surface area (Å²) in [5, 5.41) is 27.2. The van der Waals surface area contributed by atoms with Crippen LogP contribution in [0.4, 0.5) is 0 Å². The van der Waals surface area contributed by atoms with E-state index in [1.807, 2.05) is 24.3 Å². The summed E-state index contributed by atoms with van der Waals surface area (Å²) >= 11 is 1.63. The summed E-state index contributed by atoms with van der Waals surface area (Å²) in [5.41, 5.74) is 3.98. The fraction of sp³-hybridized carbons (Fsp3) is 0. The van der Waals surface area contributed by atoms with E-state index >= 15 is 0 Å². The van der Waals surface area contributed by atoms with Crippen molar-refractivity contribution in [3.8, 4) is 5.69 Å². The highest BCUT2D eigenvalue weighted by Gasteiger charge is 2.22. The molecule has 2 heterocycles. The Balaban J connectivity index is 1.69. The molecule has 33 heavy (non-hydrogen) atoms. The van der Waals surface area contributed by atoms with Crippen LogP contribution in [0, 0.1) is 0 Å². The maximum absolute atomic E-state index is 10.2. The molecule has 0 fully saturated rings. The number of rotatable bonds is 2. The Bertz CT molecular complexity index is 1810. The molecule has 0 unspecified atom stereocenters. The molecule has 0 aliphatic carbocycles. The van der Waals surface area contributed by atoms with Gasteiger partial charge in [-0.15, -0.1) is 11.3 Å². The lowest BCUT2D eigenvalue weighted by atomic mass is 9.78. The standard InChI is InChI=1S/C28H18BNO2S/c31-29(32)22-16-17-8-1-2-9-18(17)26-21-12-7-15-25(27(21)33-28(22)26)30-23-13-5-3-10-19(23)20-11-4-6-14-24(20)30/h1-16,31-32H. The topological polar surface area (TPSA) is 45.4 Å². The molecule has 0 spiro atoms. The van der Waals surface area contributed by atoms with Crippen LogP contribution in [0.3, 0.4) is 0 Å². The third kappa shape index (κ3) is 2.58. The van der Waals surface area contributed by atoms with Crippen LogP contribution in [-0.4, -0.2) is 21.7 Å². The van der Waals surface area contributed by atoms with Crippen molar-refractivity contribution in [1.82, 2.24) is 4.57 Å². The summed E-state index contributed by atoms with van der Waals surface area (Å²) in [4.78, 5) is 0. The Morgan fingerprint density at radius 3 is 1.91 bits per heavy atom. The number of hydrogen-bond acceptors (Lipinski definition) is 3. The number of hydrogen-bond donors (Lipinski definition) is 2. The highest BCUT2D eigenvalue weighted by atomic mass is 32.1. The number of aromatic nitrogens is 1. The minimum atomic E-state index is -1.53. The van der Waals surface area contributed by atoms with Crippen molar-refractivity contribution in [2.45, 2.75) is 0 Å². The van der Waals surface area contributed by atoms with Crippen molar-refractivity contribution in [2.24, 2.45) is 0 Å². The van der Waals surface area contributed by atoms with Crippen molar-refractivity contribution >= 4 is 76.7 Å². The second-order valence-corrected chi connectivity index (χ2v) is 9.41. The summed E-state index contributed by atoms with van der Waals surface area (Å²) in [7, 11) is -1.53. The van der Waals surface area contributed by atoms with Crippen LogP contribution in [-0.2, 0) is 0 Å². The molecule has 0 aliphatic rings. The van der Waals surface area contributed by atoms with Crippen LogP contribution in [0.15, 0.2) is 97.1 Å². The van der Waals surface area contributed by atoms with Gasteiger partial charge in [0.1, 0.15) is 0 Å². The predicted molar refractivity (Wildman–Crippen MR) is 141 cm³/mol. The van der Waals surface area contributed by atoms with Gasteiger partial charge in [-0.1, -0.05) is 78.9 Å². The maximum atomic E-state index is 10.2. The van der Waals surface area contributed by atoms with Gasteiger partial charge in [0.25, 0.3) is 0 Å². The molecule has 5 heteroatoms. The van der Waals surface area contributed by atoms with E-state index in [0.717, 1.165) is 47.7 Å². The summed E-state index contributed by atoms with van der Waals surface area (Å²) in [6, 6.07) is 33.5. The number of fused-ring (bicyclic) bond motifs is 8. The Kier molecular flexibility index (Phi) is 3.97. The van der Waals surface area contributed by atoms with Gasteiger partial charge in [0, 0.05) is 31.7 Å². The molecule has 0 atom stereocenters. The Hall–Kier alpha value is -3.64. The highest BCUT2D eigenvalue weighted by molar-refractivity contribution is 7.27. The van der Waals surface area contributed by atoms with Gasteiger partial charge < -0.3 is 14.6 Å². The highest BCUT2D eigenvalue weighted by Crippen LogP contribution is 2.42. The zero-order chi connectivity index (χ0) is 22.1. The molecule has 0 radical (unpaired) electrons. The molecule has 7 aromatic rings. The third-order valence-corrected chi connectivity index (χ3v) is 7.87. The molecule has 0 saturated carbocycles. The lowest BCUT2D eigenvalue weighted by molar-refractivity contribution is 0.426. The number of nitrogens with zero attached hydrogens (tertiary/aromatic N) is 1. The average Bonchev–Trinajstić information content (AvgIpc) is 3.40. The minimum Gasteiger partial charge on any atom is -0.423 e. The zero-order valence-corrected chi connectivity index (χ0v) is 18.4. The normalized spacial score (nSPS) is 11.9. The van der Waals surface area contributed by atoms with Gasteiger partial charge in [-0.05, 0) is 29.0 Å². The monoisotopic (exact) mass is 443 g/mol. The molecule has 0 amide bonds. The van der Waals surface area contributed by atoms with Crippen LogP contribution in [0.25, 0.3) is 58.4 Å². The van der Waals surface area contributed by atoms with Gasteiger partial charge in [-0.3, -0.25) is 0 Å². The molecule has 0 saturated heterocycles. The van der Waals surface area contributed by atoms with Gasteiger partial charge in [0.2, 0.25) is 0 Å². The Morgan fingerprint density at radius 1 is 0.606 bits per heavy atom. The van der Waals surface area contributed by atoms with Gasteiger partial charge in [0.15, 0.2) is 0 Å². The number of thiophene rings is 1. The molecular formula is C28H18BNO2S. The van der Waals surface area contributed by atoms with E-state index in [0.29, 0.717) is 5.46 Å². The van der Waals surface area contributed by atoms with Crippen molar-refractivity contribution in [1.29, 1.82) is 0 Å². The molecule has 3 nitrogen and oxygen atoms in total. The second kappa shape index (κ2) is 6.93. The van der Waals surface area contributed by atoms with Crippen molar-refractivity contribution in [3.63, 3.8) is 0 Å². The van der Waals surface area contributed by atoms with Crippen molar-refractivity contribution in [2.75, 3.05) is 0 Å².